The predicted molar refractivity (Wildman–Crippen MR) is 78.1 cm³/mol. The van der Waals surface area contributed by atoms with Crippen LogP contribution in [-0.4, -0.2) is 24.9 Å². The van der Waals surface area contributed by atoms with E-state index in [-0.39, 0.29) is 29.2 Å². The summed E-state index contributed by atoms with van der Waals surface area (Å²) in [4.78, 5) is 38.8. The molecule has 3 aliphatic rings. The molecule has 1 saturated heterocycles. The van der Waals surface area contributed by atoms with Gasteiger partial charge in [0.25, 0.3) is 0 Å². The standard InChI is InChI=1S/C17H17NO4/c1-22-17(21)11-4-2-3-5-12(11)18-15(19)13-9-6-7-10(8-9)14(13)16(18)20/h2-5,9-10,13-14H,6-8H2,1H3/t9-,10+,13+,14-. The fourth-order valence-electron chi connectivity index (χ4n) is 4.60. The lowest BCUT2D eigenvalue weighted by atomic mass is 9.81. The number of esters is 1. The highest BCUT2D eigenvalue weighted by Crippen LogP contribution is 2.56. The summed E-state index contributed by atoms with van der Waals surface area (Å²) < 4.78 is 4.77. The van der Waals surface area contributed by atoms with Crippen molar-refractivity contribution in [2.45, 2.75) is 19.3 Å². The molecule has 114 valence electrons. The van der Waals surface area contributed by atoms with Gasteiger partial charge in [-0.25, -0.2) is 9.69 Å². The first-order valence-electron chi connectivity index (χ1n) is 7.68. The number of rotatable bonds is 2. The summed E-state index contributed by atoms with van der Waals surface area (Å²) in [6.07, 6.45) is 3.08. The quantitative estimate of drug-likeness (QED) is 0.619. The maximum Gasteiger partial charge on any atom is 0.339 e. The summed E-state index contributed by atoms with van der Waals surface area (Å²) in [5.74, 6) is -0.509. The van der Waals surface area contributed by atoms with Gasteiger partial charge in [0, 0.05) is 0 Å². The van der Waals surface area contributed by atoms with Crippen molar-refractivity contribution >= 4 is 23.5 Å². The second kappa shape index (κ2) is 4.66. The van der Waals surface area contributed by atoms with Gasteiger partial charge in [0.05, 0.1) is 30.2 Å². The van der Waals surface area contributed by atoms with Crippen LogP contribution in [0.3, 0.4) is 0 Å². The van der Waals surface area contributed by atoms with Gasteiger partial charge in [-0.3, -0.25) is 9.59 Å². The molecule has 0 unspecified atom stereocenters. The average Bonchev–Trinajstić information content (AvgIpc) is 3.21. The van der Waals surface area contributed by atoms with E-state index < -0.39 is 5.97 Å². The van der Waals surface area contributed by atoms with Crippen LogP contribution in [0.5, 0.6) is 0 Å². The molecule has 5 heteroatoms. The molecule has 5 nitrogen and oxygen atoms in total. The highest BCUT2D eigenvalue weighted by Gasteiger charge is 2.61. The number of ether oxygens (including phenoxy) is 1. The maximum absolute atomic E-state index is 12.8. The molecule has 1 aliphatic heterocycles. The van der Waals surface area contributed by atoms with E-state index in [9.17, 15) is 14.4 Å². The number of amides is 2. The third kappa shape index (κ3) is 1.62. The molecule has 4 rings (SSSR count). The number of carbonyl (C=O) groups excluding carboxylic acids is 3. The number of para-hydroxylation sites is 1. The van der Waals surface area contributed by atoms with E-state index in [1.807, 2.05) is 0 Å². The van der Waals surface area contributed by atoms with E-state index in [4.69, 9.17) is 4.74 Å². The molecule has 22 heavy (non-hydrogen) atoms. The van der Waals surface area contributed by atoms with Crippen molar-refractivity contribution in [1.82, 2.24) is 0 Å². The molecule has 1 aromatic rings. The van der Waals surface area contributed by atoms with Crippen LogP contribution in [0.15, 0.2) is 24.3 Å². The Balaban J connectivity index is 1.77. The largest absolute Gasteiger partial charge is 0.465 e. The van der Waals surface area contributed by atoms with Crippen LogP contribution in [0.25, 0.3) is 0 Å². The van der Waals surface area contributed by atoms with Gasteiger partial charge in [0.1, 0.15) is 0 Å². The number of fused-ring (bicyclic) bond motifs is 5. The van der Waals surface area contributed by atoms with E-state index in [1.165, 1.54) is 12.0 Å². The number of methoxy groups -OCH3 is 1. The van der Waals surface area contributed by atoms with E-state index >= 15 is 0 Å². The molecule has 0 N–H and O–H groups in total. The molecule has 2 amide bonds. The first-order valence-corrected chi connectivity index (χ1v) is 7.68. The van der Waals surface area contributed by atoms with Crippen molar-refractivity contribution < 1.29 is 19.1 Å². The Kier molecular flexibility index (Phi) is 2.86. The lowest BCUT2D eigenvalue weighted by Crippen LogP contribution is -2.34. The second-order valence-corrected chi connectivity index (χ2v) is 6.41. The molecule has 0 radical (unpaired) electrons. The first-order chi connectivity index (χ1) is 10.6. The number of carbonyl (C=O) groups is 3. The fraction of sp³-hybridized carbons (Fsp3) is 0.471. The van der Waals surface area contributed by atoms with E-state index in [2.05, 4.69) is 0 Å². The lowest BCUT2D eigenvalue weighted by Gasteiger charge is -2.19. The summed E-state index contributed by atoms with van der Waals surface area (Å²) in [7, 11) is 1.29. The van der Waals surface area contributed by atoms with Gasteiger partial charge >= 0.3 is 5.97 Å². The van der Waals surface area contributed by atoms with Gasteiger partial charge in [-0.2, -0.15) is 0 Å². The van der Waals surface area contributed by atoms with Crippen LogP contribution < -0.4 is 4.90 Å². The number of imide groups is 1. The smallest absolute Gasteiger partial charge is 0.339 e. The van der Waals surface area contributed by atoms with Crippen LogP contribution in [0.2, 0.25) is 0 Å². The number of hydrogen-bond donors (Lipinski definition) is 0. The first kappa shape index (κ1) is 13.5. The van der Waals surface area contributed by atoms with Crippen molar-refractivity contribution in [3.05, 3.63) is 29.8 Å². The van der Waals surface area contributed by atoms with Crippen molar-refractivity contribution in [1.29, 1.82) is 0 Å². The van der Waals surface area contributed by atoms with Crippen LogP contribution >= 0.6 is 0 Å². The Morgan fingerprint density at radius 2 is 1.68 bits per heavy atom. The van der Waals surface area contributed by atoms with Gasteiger partial charge in [0.2, 0.25) is 11.8 Å². The molecular formula is C17H17NO4. The minimum absolute atomic E-state index is 0.140. The summed E-state index contributed by atoms with van der Waals surface area (Å²) in [5.41, 5.74) is 0.622. The zero-order chi connectivity index (χ0) is 15.4. The zero-order valence-electron chi connectivity index (χ0n) is 12.3. The topological polar surface area (TPSA) is 63.7 Å². The van der Waals surface area contributed by atoms with Crippen LogP contribution in [0, 0.1) is 23.7 Å². The summed E-state index contributed by atoms with van der Waals surface area (Å²) in [5, 5.41) is 0. The highest BCUT2D eigenvalue weighted by atomic mass is 16.5. The predicted octanol–water partition coefficient (Wildman–Crippen LogP) is 2.01. The lowest BCUT2D eigenvalue weighted by molar-refractivity contribution is -0.123. The molecule has 1 heterocycles. The molecule has 0 spiro atoms. The van der Waals surface area contributed by atoms with Crippen LogP contribution in [0.4, 0.5) is 5.69 Å². The third-order valence-corrected chi connectivity index (χ3v) is 5.48. The van der Waals surface area contributed by atoms with Gasteiger partial charge in [-0.05, 0) is 43.2 Å². The minimum atomic E-state index is -0.531. The number of benzene rings is 1. The normalized spacial score (nSPS) is 32.5. The van der Waals surface area contributed by atoms with Gasteiger partial charge < -0.3 is 4.74 Å². The fourth-order valence-corrected chi connectivity index (χ4v) is 4.60. The van der Waals surface area contributed by atoms with Gasteiger partial charge in [-0.15, -0.1) is 0 Å². The Morgan fingerprint density at radius 1 is 1.09 bits per heavy atom. The highest BCUT2D eigenvalue weighted by molar-refractivity contribution is 6.24. The molecule has 2 bridgehead atoms. The van der Waals surface area contributed by atoms with Crippen molar-refractivity contribution in [3.8, 4) is 0 Å². The Labute approximate surface area is 128 Å². The summed E-state index contributed by atoms with van der Waals surface area (Å²) >= 11 is 0. The van der Waals surface area contributed by atoms with Crippen LogP contribution in [0.1, 0.15) is 29.6 Å². The van der Waals surface area contributed by atoms with Crippen molar-refractivity contribution in [2.24, 2.45) is 23.7 Å². The monoisotopic (exact) mass is 299 g/mol. The third-order valence-electron chi connectivity index (χ3n) is 5.48. The van der Waals surface area contributed by atoms with Crippen molar-refractivity contribution in [2.75, 3.05) is 12.0 Å². The molecule has 1 aromatic carbocycles. The summed E-state index contributed by atoms with van der Waals surface area (Å²) in [6.45, 7) is 0. The van der Waals surface area contributed by atoms with Crippen molar-refractivity contribution in [3.63, 3.8) is 0 Å². The Hall–Kier alpha value is -2.17. The van der Waals surface area contributed by atoms with E-state index in [0.29, 0.717) is 17.5 Å². The maximum atomic E-state index is 12.8. The Morgan fingerprint density at radius 3 is 2.27 bits per heavy atom. The molecule has 4 atom stereocenters. The van der Waals surface area contributed by atoms with E-state index in [0.717, 1.165) is 19.3 Å². The SMILES string of the molecule is COC(=O)c1ccccc1N1C(=O)[C@@H]2[C@H]3CC[C@H](C3)[C@@H]2C1=O. The van der Waals surface area contributed by atoms with Crippen LogP contribution in [-0.2, 0) is 14.3 Å². The molecular weight excluding hydrogens is 282 g/mol. The Bertz CT molecular complexity index is 655. The average molecular weight is 299 g/mol. The molecule has 2 saturated carbocycles. The molecule has 2 aliphatic carbocycles. The molecule has 0 aromatic heterocycles. The second-order valence-electron chi connectivity index (χ2n) is 6.41. The minimum Gasteiger partial charge on any atom is -0.465 e. The van der Waals surface area contributed by atoms with Gasteiger partial charge in [0.15, 0.2) is 0 Å². The van der Waals surface area contributed by atoms with Gasteiger partial charge in [-0.1, -0.05) is 12.1 Å². The molecule has 3 fully saturated rings. The number of nitrogens with zero attached hydrogens (tertiary/aromatic N) is 1. The zero-order valence-corrected chi connectivity index (χ0v) is 12.3. The summed E-state index contributed by atoms with van der Waals surface area (Å²) in [6, 6.07) is 6.66. The van der Waals surface area contributed by atoms with E-state index in [1.54, 1.807) is 24.3 Å². The number of hydrogen-bond acceptors (Lipinski definition) is 4. The number of anilines is 1.